The standard InChI is InChI=1S/C15H18O2S/c16-18(17,13-8-2-1-3-9-13)15-11-5-7-12-6-4-10-14(12)15/h1-3,8-9,11-12,14H,4-7,10H2/t12-,14+/m0/s1. The molecule has 0 unspecified atom stereocenters. The maximum Gasteiger partial charge on any atom is 0.202 e. The zero-order valence-corrected chi connectivity index (χ0v) is 11.2. The van der Waals surface area contributed by atoms with Gasteiger partial charge in [0.25, 0.3) is 0 Å². The zero-order valence-electron chi connectivity index (χ0n) is 10.4. The Morgan fingerprint density at radius 1 is 1.00 bits per heavy atom. The summed E-state index contributed by atoms with van der Waals surface area (Å²) in [6.45, 7) is 0. The van der Waals surface area contributed by atoms with Crippen molar-refractivity contribution in [1.82, 2.24) is 0 Å². The summed E-state index contributed by atoms with van der Waals surface area (Å²) >= 11 is 0. The first kappa shape index (κ1) is 12.0. The van der Waals surface area contributed by atoms with E-state index < -0.39 is 9.84 Å². The molecule has 1 aromatic rings. The van der Waals surface area contributed by atoms with Crippen molar-refractivity contribution in [2.24, 2.45) is 11.8 Å². The van der Waals surface area contributed by atoms with Gasteiger partial charge in [0.2, 0.25) is 9.84 Å². The quantitative estimate of drug-likeness (QED) is 0.816. The van der Waals surface area contributed by atoms with Crippen LogP contribution in [0.1, 0.15) is 32.1 Å². The molecule has 1 aromatic carbocycles. The summed E-state index contributed by atoms with van der Waals surface area (Å²) < 4.78 is 25.3. The predicted octanol–water partition coefficient (Wildman–Crippen LogP) is 3.55. The van der Waals surface area contributed by atoms with Crippen molar-refractivity contribution in [3.8, 4) is 0 Å². The van der Waals surface area contributed by atoms with Gasteiger partial charge in [0.15, 0.2) is 0 Å². The third-order valence-corrected chi connectivity index (χ3v) is 6.25. The van der Waals surface area contributed by atoms with Gasteiger partial charge in [-0.1, -0.05) is 30.7 Å². The number of allylic oxidation sites excluding steroid dienone is 2. The molecule has 0 N–H and O–H groups in total. The molecule has 1 fully saturated rings. The highest BCUT2D eigenvalue weighted by atomic mass is 32.2. The minimum atomic E-state index is -3.26. The molecule has 0 aromatic heterocycles. The smallest absolute Gasteiger partial charge is 0.202 e. The molecule has 96 valence electrons. The molecule has 1 saturated carbocycles. The van der Waals surface area contributed by atoms with Crippen molar-refractivity contribution in [3.63, 3.8) is 0 Å². The van der Waals surface area contributed by atoms with E-state index in [9.17, 15) is 8.42 Å². The molecule has 3 rings (SSSR count). The van der Waals surface area contributed by atoms with Gasteiger partial charge in [-0.25, -0.2) is 8.42 Å². The van der Waals surface area contributed by atoms with Gasteiger partial charge in [-0.2, -0.15) is 0 Å². The van der Waals surface area contributed by atoms with E-state index in [0.717, 1.165) is 12.8 Å². The van der Waals surface area contributed by atoms with Crippen LogP contribution in [-0.2, 0) is 9.84 Å². The van der Waals surface area contributed by atoms with Crippen LogP contribution in [-0.4, -0.2) is 8.42 Å². The van der Waals surface area contributed by atoms with E-state index in [1.54, 1.807) is 24.3 Å². The highest BCUT2D eigenvalue weighted by molar-refractivity contribution is 7.95. The van der Waals surface area contributed by atoms with Crippen LogP contribution in [0.4, 0.5) is 0 Å². The lowest BCUT2D eigenvalue weighted by molar-refractivity contribution is 0.401. The van der Waals surface area contributed by atoms with E-state index in [2.05, 4.69) is 0 Å². The third-order valence-electron chi connectivity index (χ3n) is 4.27. The Morgan fingerprint density at radius 3 is 2.56 bits per heavy atom. The Morgan fingerprint density at radius 2 is 1.78 bits per heavy atom. The van der Waals surface area contributed by atoms with Crippen LogP contribution < -0.4 is 0 Å². The molecule has 0 spiro atoms. The van der Waals surface area contributed by atoms with E-state index in [1.165, 1.54) is 19.3 Å². The Kier molecular flexibility index (Phi) is 3.02. The lowest BCUT2D eigenvalue weighted by Crippen LogP contribution is -2.21. The van der Waals surface area contributed by atoms with Crippen molar-refractivity contribution >= 4 is 9.84 Å². The summed E-state index contributed by atoms with van der Waals surface area (Å²) in [6.07, 6.45) is 7.47. The Hall–Kier alpha value is -1.09. The maximum atomic E-state index is 12.7. The predicted molar refractivity (Wildman–Crippen MR) is 71.8 cm³/mol. The molecule has 2 aliphatic rings. The van der Waals surface area contributed by atoms with Crippen molar-refractivity contribution in [1.29, 1.82) is 0 Å². The number of benzene rings is 1. The van der Waals surface area contributed by atoms with Gasteiger partial charge in [-0.15, -0.1) is 0 Å². The van der Waals surface area contributed by atoms with Crippen LogP contribution in [0.5, 0.6) is 0 Å². The van der Waals surface area contributed by atoms with Crippen LogP contribution in [0.25, 0.3) is 0 Å². The van der Waals surface area contributed by atoms with Crippen LogP contribution in [0.15, 0.2) is 46.2 Å². The monoisotopic (exact) mass is 262 g/mol. The molecule has 0 heterocycles. The molecule has 2 aliphatic carbocycles. The molecule has 0 saturated heterocycles. The van der Waals surface area contributed by atoms with Crippen LogP contribution in [0.2, 0.25) is 0 Å². The van der Waals surface area contributed by atoms with Crippen molar-refractivity contribution < 1.29 is 8.42 Å². The highest BCUT2D eigenvalue weighted by Gasteiger charge is 2.38. The Balaban J connectivity index is 2.01. The first-order chi connectivity index (χ1) is 8.69. The zero-order chi connectivity index (χ0) is 12.6. The Bertz CT molecular complexity index is 557. The molecule has 2 atom stereocenters. The van der Waals surface area contributed by atoms with E-state index in [1.807, 2.05) is 12.1 Å². The second-order valence-corrected chi connectivity index (χ2v) is 7.25. The number of hydrogen-bond acceptors (Lipinski definition) is 2. The number of sulfone groups is 1. The first-order valence-corrected chi connectivity index (χ1v) is 8.18. The summed E-state index contributed by atoms with van der Waals surface area (Å²) in [5.74, 6) is 0.882. The fraction of sp³-hybridized carbons (Fsp3) is 0.467. The first-order valence-electron chi connectivity index (χ1n) is 6.70. The van der Waals surface area contributed by atoms with Gasteiger partial charge in [0, 0.05) is 4.91 Å². The van der Waals surface area contributed by atoms with Crippen LogP contribution >= 0.6 is 0 Å². The average Bonchev–Trinajstić information content (AvgIpc) is 2.87. The normalized spacial score (nSPS) is 27.7. The Labute approximate surface area is 109 Å². The second-order valence-electron chi connectivity index (χ2n) is 5.30. The van der Waals surface area contributed by atoms with Crippen molar-refractivity contribution in [2.75, 3.05) is 0 Å². The average molecular weight is 262 g/mol. The molecule has 0 aliphatic heterocycles. The van der Waals surface area contributed by atoms with E-state index in [4.69, 9.17) is 0 Å². The fourth-order valence-corrected chi connectivity index (χ4v) is 5.23. The molecule has 0 radical (unpaired) electrons. The SMILES string of the molecule is O=S(=O)(C1=CCC[C@@H]2CCC[C@@H]12)c1ccccc1. The van der Waals surface area contributed by atoms with Crippen LogP contribution in [0.3, 0.4) is 0 Å². The van der Waals surface area contributed by atoms with Gasteiger partial charge in [0.05, 0.1) is 4.90 Å². The molecule has 18 heavy (non-hydrogen) atoms. The minimum Gasteiger partial charge on any atom is -0.219 e. The number of rotatable bonds is 2. The van der Waals surface area contributed by atoms with Gasteiger partial charge >= 0.3 is 0 Å². The van der Waals surface area contributed by atoms with E-state index in [0.29, 0.717) is 15.7 Å². The lowest BCUT2D eigenvalue weighted by atomic mass is 9.87. The van der Waals surface area contributed by atoms with Gasteiger partial charge in [-0.05, 0) is 49.7 Å². The third kappa shape index (κ3) is 1.91. The van der Waals surface area contributed by atoms with Gasteiger partial charge < -0.3 is 0 Å². The second kappa shape index (κ2) is 4.54. The molecular weight excluding hydrogens is 244 g/mol. The molecule has 0 bridgehead atoms. The molecule has 3 heteroatoms. The van der Waals surface area contributed by atoms with E-state index in [-0.39, 0.29) is 5.92 Å². The summed E-state index contributed by atoms with van der Waals surface area (Å²) in [5, 5.41) is 0. The fourth-order valence-electron chi connectivity index (χ4n) is 3.39. The van der Waals surface area contributed by atoms with Gasteiger partial charge in [0.1, 0.15) is 0 Å². The summed E-state index contributed by atoms with van der Waals surface area (Å²) in [5.41, 5.74) is 0. The maximum absolute atomic E-state index is 12.7. The largest absolute Gasteiger partial charge is 0.219 e. The topological polar surface area (TPSA) is 34.1 Å². The lowest BCUT2D eigenvalue weighted by Gasteiger charge is -2.26. The van der Waals surface area contributed by atoms with Crippen LogP contribution in [0, 0.1) is 11.8 Å². The van der Waals surface area contributed by atoms with Crippen molar-refractivity contribution in [3.05, 3.63) is 41.3 Å². The van der Waals surface area contributed by atoms with Crippen molar-refractivity contribution in [2.45, 2.75) is 37.0 Å². The summed E-state index contributed by atoms with van der Waals surface area (Å²) in [6, 6.07) is 8.85. The summed E-state index contributed by atoms with van der Waals surface area (Å²) in [4.78, 5) is 1.14. The number of hydrogen-bond donors (Lipinski definition) is 0. The number of fused-ring (bicyclic) bond motifs is 1. The summed E-state index contributed by atoms with van der Waals surface area (Å²) in [7, 11) is -3.26. The molecule has 2 nitrogen and oxygen atoms in total. The minimum absolute atomic E-state index is 0.281. The van der Waals surface area contributed by atoms with E-state index >= 15 is 0 Å². The highest BCUT2D eigenvalue weighted by Crippen LogP contribution is 2.45. The molecular formula is C15H18O2S. The van der Waals surface area contributed by atoms with Gasteiger partial charge in [-0.3, -0.25) is 0 Å². The molecule has 0 amide bonds.